The highest BCUT2D eigenvalue weighted by molar-refractivity contribution is 5.06. The van der Waals surface area contributed by atoms with Gasteiger partial charge in [0.15, 0.2) is 0 Å². The van der Waals surface area contributed by atoms with Crippen LogP contribution in [0.2, 0.25) is 0 Å². The molecule has 1 saturated heterocycles. The van der Waals surface area contributed by atoms with Crippen molar-refractivity contribution < 1.29 is 0 Å². The number of piperidine rings is 1. The zero-order valence-electron chi connectivity index (χ0n) is 8.35. The number of hydrogen-bond donors (Lipinski definition) is 0. The Hall–Kier alpha value is -0.0400. The normalized spacial score (nSPS) is 37.5. The average Bonchev–Trinajstić information content (AvgIpc) is 2.55. The molecule has 1 heteroatoms. The average molecular weight is 171 g/mol. The maximum absolute atomic E-state index is 2.56. The Balaban J connectivity index is 0.000000378. The van der Waals surface area contributed by atoms with Crippen molar-refractivity contribution in [3.05, 3.63) is 0 Å². The zero-order chi connectivity index (χ0) is 8.48. The maximum Gasteiger partial charge on any atom is 0.00386 e. The van der Waals surface area contributed by atoms with E-state index in [-0.39, 0.29) is 7.43 Å². The molecule has 2 unspecified atom stereocenters. The van der Waals surface area contributed by atoms with Crippen molar-refractivity contribution in [2.24, 2.45) is 11.3 Å². The third kappa shape index (κ3) is 2.01. The Bertz CT molecular complexity index is 133. The molecule has 2 aliphatic rings. The van der Waals surface area contributed by atoms with E-state index in [0.717, 1.165) is 11.3 Å². The molecule has 0 aromatic carbocycles. The van der Waals surface area contributed by atoms with Gasteiger partial charge in [-0.25, -0.2) is 0 Å². The lowest BCUT2D eigenvalue weighted by atomic mass is 10.1. The smallest absolute Gasteiger partial charge is 0.00386 e. The first-order valence-corrected chi connectivity index (χ1v) is 4.97. The summed E-state index contributed by atoms with van der Waals surface area (Å²) in [5.74, 6) is 1.07. The van der Waals surface area contributed by atoms with Crippen LogP contribution in [-0.4, -0.2) is 24.5 Å². The predicted octanol–water partition coefficient (Wildman–Crippen LogP) is 3.01. The van der Waals surface area contributed by atoms with E-state index in [1.54, 1.807) is 0 Å². The molecule has 0 N–H and O–H groups in total. The molecule has 1 heterocycles. The van der Waals surface area contributed by atoms with E-state index in [2.05, 4.69) is 18.7 Å². The fourth-order valence-corrected chi connectivity index (χ4v) is 2.11. The van der Waals surface area contributed by atoms with Crippen molar-refractivity contribution in [3.8, 4) is 0 Å². The molecule has 1 nitrogen and oxygen atoms in total. The second kappa shape index (κ2) is 4.27. The van der Waals surface area contributed by atoms with Gasteiger partial charge >= 0.3 is 0 Å². The minimum atomic E-state index is 0. The van der Waals surface area contributed by atoms with Gasteiger partial charge < -0.3 is 4.90 Å². The lowest BCUT2D eigenvalue weighted by Crippen LogP contribution is -2.23. The highest BCUT2D eigenvalue weighted by Crippen LogP contribution is 2.56. The minimum Gasteiger partial charge on any atom is -0.303 e. The molecule has 1 saturated carbocycles. The quantitative estimate of drug-likeness (QED) is 0.586. The summed E-state index contributed by atoms with van der Waals surface area (Å²) in [7, 11) is 0. The van der Waals surface area contributed by atoms with Crippen molar-refractivity contribution in [3.63, 3.8) is 0 Å². The van der Waals surface area contributed by atoms with Gasteiger partial charge in [0, 0.05) is 13.1 Å². The van der Waals surface area contributed by atoms with Gasteiger partial charge in [-0.1, -0.05) is 35.1 Å². The summed E-state index contributed by atoms with van der Waals surface area (Å²) in [5.41, 5.74) is 0.760. The van der Waals surface area contributed by atoms with Crippen LogP contribution >= 0.6 is 0 Å². The standard InChI is InChI=1S/C8H15N.C2H6.CH4/c1-3-9-5-7-4-8(7,2)6-9;1-2;/h7H,3-6H2,1-2H3;1-2H3;1H4. The van der Waals surface area contributed by atoms with Crippen molar-refractivity contribution in [2.75, 3.05) is 19.6 Å². The first-order valence-electron chi connectivity index (χ1n) is 4.97. The summed E-state index contributed by atoms with van der Waals surface area (Å²) in [6, 6.07) is 0. The zero-order valence-corrected chi connectivity index (χ0v) is 8.35. The van der Waals surface area contributed by atoms with Crippen LogP contribution in [0.5, 0.6) is 0 Å². The number of likely N-dealkylation sites (tertiary alicyclic amines) is 1. The van der Waals surface area contributed by atoms with Gasteiger partial charge in [-0.3, -0.25) is 0 Å². The maximum atomic E-state index is 2.56. The molecular formula is C11H25N. The molecule has 2 fully saturated rings. The van der Waals surface area contributed by atoms with E-state index < -0.39 is 0 Å². The van der Waals surface area contributed by atoms with Gasteiger partial charge in [0.05, 0.1) is 0 Å². The molecule has 0 radical (unpaired) electrons. The Morgan fingerprint density at radius 1 is 1.42 bits per heavy atom. The van der Waals surface area contributed by atoms with E-state index >= 15 is 0 Å². The molecule has 74 valence electrons. The molecule has 1 aliphatic carbocycles. The van der Waals surface area contributed by atoms with E-state index in [9.17, 15) is 0 Å². The van der Waals surface area contributed by atoms with Crippen molar-refractivity contribution >= 4 is 0 Å². The van der Waals surface area contributed by atoms with Crippen LogP contribution in [0.25, 0.3) is 0 Å². The topological polar surface area (TPSA) is 3.24 Å². The molecular weight excluding hydrogens is 146 g/mol. The van der Waals surface area contributed by atoms with Crippen molar-refractivity contribution in [1.82, 2.24) is 4.90 Å². The third-order valence-corrected chi connectivity index (χ3v) is 3.05. The van der Waals surface area contributed by atoms with Crippen LogP contribution in [0, 0.1) is 11.3 Å². The number of nitrogens with zero attached hydrogens (tertiary/aromatic N) is 1. The van der Waals surface area contributed by atoms with Crippen LogP contribution < -0.4 is 0 Å². The first-order chi connectivity index (χ1) is 5.24. The summed E-state index contributed by atoms with van der Waals surface area (Å²) in [6.07, 6.45) is 1.50. The van der Waals surface area contributed by atoms with Crippen molar-refractivity contribution in [1.29, 1.82) is 0 Å². The van der Waals surface area contributed by atoms with Crippen molar-refractivity contribution in [2.45, 2.75) is 41.5 Å². The van der Waals surface area contributed by atoms with Crippen LogP contribution in [-0.2, 0) is 0 Å². The summed E-state index contributed by atoms with van der Waals surface area (Å²) in [5, 5.41) is 0. The van der Waals surface area contributed by atoms with Gasteiger partial charge in [-0.15, -0.1) is 0 Å². The van der Waals surface area contributed by atoms with E-state index in [1.807, 2.05) is 13.8 Å². The lowest BCUT2D eigenvalue weighted by Gasteiger charge is -2.15. The van der Waals surface area contributed by atoms with Crippen LogP contribution in [0.1, 0.15) is 41.5 Å². The second-order valence-corrected chi connectivity index (χ2v) is 3.88. The molecule has 0 bridgehead atoms. The Morgan fingerprint density at radius 2 is 2.00 bits per heavy atom. The molecule has 0 spiro atoms. The van der Waals surface area contributed by atoms with Crippen LogP contribution in [0.3, 0.4) is 0 Å². The summed E-state index contributed by atoms with van der Waals surface area (Å²) < 4.78 is 0. The third-order valence-electron chi connectivity index (χ3n) is 3.05. The second-order valence-electron chi connectivity index (χ2n) is 3.88. The van der Waals surface area contributed by atoms with Gasteiger partial charge in [-0.05, 0) is 24.3 Å². The lowest BCUT2D eigenvalue weighted by molar-refractivity contribution is 0.301. The number of hydrogen-bond acceptors (Lipinski definition) is 1. The van der Waals surface area contributed by atoms with Crippen LogP contribution in [0.15, 0.2) is 0 Å². The number of fused-ring (bicyclic) bond motifs is 1. The summed E-state index contributed by atoms with van der Waals surface area (Å²) in [6.45, 7) is 12.7. The molecule has 0 aromatic rings. The Kier molecular flexibility index (Phi) is 4.25. The predicted molar refractivity (Wildman–Crippen MR) is 56.4 cm³/mol. The Morgan fingerprint density at radius 3 is 2.25 bits per heavy atom. The molecule has 1 aliphatic heterocycles. The van der Waals surface area contributed by atoms with Gasteiger partial charge in [0.1, 0.15) is 0 Å². The summed E-state index contributed by atoms with van der Waals surface area (Å²) >= 11 is 0. The molecule has 2 rings (SSSR count). The van der Waals surface area contributed by atoms with E-state index in [4.69, 9.17) is 0 Å². The molecule has 0 aromatic heterocycles. The largest absolute Gasteiger partial charge is 0.303 e. The van der Waals surface area contributed by atoms with E-state index in [1.165, 1.54) is 26.1 Å². The molecule has 2 atom stereocenters. The van der Waals surface area contributed by atoms with Gasteiger partial charge in [-0.2, -0.15) is 0 Å². The van der Waals surface area contributed by atoms with E-state index in [0.29, 0.717) is 0 Å². The highest BCUT2D eigenvalue weighted by atomic mass is 15.2. The van der Waals surface area contributed by atoms with Gasteiger partial charge in [0.25, 0.3) is 0 Å². The fourth-order valence-electron chi connectivity index (χ4n) is 2.11. The first kappa shape index (κ1) is 12.0. The van der Waals surface area contributed by atoms with Crippen LogP contribution in [0.4, 0.5) is 0 Å². The monoisotopic (exact) mass is 171 g/mol. The summed E-state index contributed by atoms with van der Waals surface area (Å²) in [4.78, 5) is 2.56. The number of rotatable bonds is 1. The SMILES string of the molecule is C.CC.CCN1CC2CC2(C)C1. The minimum absolute atomic E-state index is 0. The Labute approximate surface area is 78.1 Å². The molecule has 12 heavy (non-hydrogen) atoms. The fraction of sp³-hybridized carbons (Fsp3) is 1.00. The molecule has 0 amide bonds. The highest BCUT2D eigenvalue weighted by Gasteiger charge is 2.55. The van der Waals surface area contributed by atoms with Gasteiger partial charge in [0.2, 0.25) is 0 Å².